The molecule has 1 aromatic carbocycles. The summed E-state index contributed by atoms with van der Waals surface area (Å²) in [6.07, 6.45) is 0.188. The second-order valence-electron chi connectivity index (χ2n) is 4.15. The van der Waals surface area contributed by atoms with Crippen molar-refractivity contribution in [3.05, 3.63) is 28.2 Å². The van der Waals surface area contributed by atoms with E-state index in [1.165, 1.54) is 0 Å². The molecule has 1 N–H and O–H groups in total. The number of ether oxygens (including phenoxy) is 1. The fourth-order valence-electron chi connectivity index (χ4n) is 1.79. The zero-order chi connectivity index (χ0) is 13.1. The van der Waals surface area contributed by atoms with Crippen LogP contribution in [0.2, 0.25) is 10.0 Å². The van der Waals surface area contributed by atoms with Crippen molar-refractivity contribution < 1.29 is 14.6 Å². The number of hydrogen-bond donors (Lipinski definition) is 1. The van der Waals surface area contributed by atoms with Crippen molar-refractivity contribution in [3.8, 4) is 5.75 Å². The highest BCUT2D eigenvalue weighted by Crippen LogP contribution is 2.27. The molecule has 1 atom stereocenters. The number of halogens is 2. The lowest BCUT2D eigenvalue weighted by atomic mass is 10.3. The molecule has 1 aromatic rings. The summed E-state index contributed by atoms with van der Waals surface area (Å²) in [6.45, 7) is 0.824. The Morgan fingerprint density at radius 1 is 1.50 bits per heavy atom. The molecule has 0 aliphatic carbocycles. The lowest BCUT2D eigenvalue weighted by Gasteiger charge is -2.16. The van der Waals surface area contributed by atoms with Gasteiger partial charge in [0.1, 0.15) is 5.75 Å². The van der Waals surface area contributed by atoms with Gasteiger partial charge in [-0.3, -0.25) is 4.79 Å². The second-order valence-corrected chi connectivity index (χ2v) is 4.99. The predicted molar refractivity (Wildman–Crippen MR) is 69.2 cm³/mol. The maximum atomic E-state index is 11.8. The number of rotatable bonds is 3. The van der Waals surface area contributed by atoms with Gasteiger partial charge in [-0.05, 0) is 18.6 Å². The number of amides is 1. The Labute approximate surface area is 115 Å². The highest BCUT2D eigenvalue weighted by molar-refractivity contribution is 6.34. The van der Waals surface area contributed by atoms with Crippen LogP contribution in [0.1, 0.15) is 6.42 Å². The van der Waals surface area contributed by atoms with Gasteiger partial charge in [0.2, 0.25) is 0 Å². The van der Waals surface area contributed by atoms with E-state index in [9.17, 15) is 9.90 Å². The molecule has 18 heavy (non-hydrogen) atoms. The summed E-state index contributed by atoms with van der Waals surface area (Å²) < 4.78 is 5.34. The second kappa shape index (κ2) is 5.78. The first-order valence-corrected chi connectivity index (χ1v) is 6.35. The van der Waals surface area contributed by atoms with E-state index in [1.807, 2.05) is 0 Å². The number of aliphatic hydroxyl groups is 1. The molecule has 98 valence electrons. The minimum absolute atomic E-state index is 0.104. The Morgan fingerprint density at radius 3 is 2.94 bits per heavy atom. The summed E-state index contributed by atoms with van der Waals surface area (Å²) in [6, 6.07) is 4.83. The highest BCUT2D eigenvalue weighted by Gasteiger charge is 2.24. The van der Waals surface area contributed by atoms with Crippen molar-refractivity contribution >= 4 is 29.1 Å². The molecule has 0 aromatic heterocycles. The van der Waals surface area contributed by atoms with Crippen molar-refractivity contribution in [1.29, 1.82) is 0 Å². The van der Waals surface area contributed by atoms with E-state index < -0.39 is 6.10 Å². The van der Waals surface area contributed by atoms with Crippen LogP contribution in [0.3, 0.4) is 0 Å². The van der Waals surface area contributed by atoms with Gasteiger partial charge in [0.05, 0.1) is 11.1 Å². The Balaban J connectivity index is 1.91. The monoisotopic (exact) mass is 289 g/mol. The van der Waals surface area contributed by atoms with Crippen molar-refractivity contribution in [2.24, 2.45) is 0 Å². The van der Waals surface area contributed by atoms with Crippen LogP contribution in [-0.2, 0) is 4.79 Å². The van der Waals surface area contributed by atoms with E-state index >= 15 is 0 Å². The molecule has 1 aliphatic rings. The smallest absolute Gasteiger partial charge is 0.260 e. The minimum atomic E-state index is -0.427. The number of benzene rings is 1. The highest BCUT2D eigenvalue weighted by atomic mass is 35.5. The summed E-state index contributed by atoms with van der Waals surface area (Å²) in [7, 11) is 0. The molecule has 4 nitrogen and oxygen atoms in total. The van der Waals surface area contributed by atoms with Gasteiger partial charge in [-0.1, -0.05) is 23.2 Å². The van der Waals surface area contributed by atoms with Crippen LogP contribution in [-0.4, -0.2) is 41.7 Å². The third-order valence-electron chi connectivity index (χ3n) is 2.76. The summed E-state index contributed by atoms with van der Waals surface area (Å²) >= 11 is 11.7. The zero-order valence-electron chi connectivity index (χ0n) is 9.60. The zero-order valence-corrected chi connectivity index (χ0v) is 11.1. The van der Waals surface area contributed by atoms with E-state index in [2.05, 4.69) is 0 Å². The fraction of sp³-hybridized carbons (Fsp3) is 0.417. The predicted octanol–water partition coefficient (Wildman–Crippen LogP) is 1.97. The Morgan fingerprint density at radius 2 is 2.28 bits per heavy atom. The van der Waals surface area contributed by atoms with E-state index in [0.717, 1.165) is 0 Å². The molecule has 1 heterocycles. The summed E-state index contributed by atoms with van der Waals surface area (Å²) in [5.74, 6) is 0.222. The standard InChI is InChI=1S/C12H13Cl2NO3/c13-8-1-2-10(14)11(5-8)18-7-12(17)15-4-3-9(16)6-15/h1-2,5,9,16H,3-4,6-7H2/t9-/m0/s1. The largest absolute Gasteiger partial charge is 0.482 e. The molecule has 6 heteroatoms. The molecule has 1 saturated heterocycles. The SMILES string of the molecule is O=C(COc1cc(Cl)ccc1Cl)N1CC[C@H](O)C1. The van der Waals surface area contributed by atoms with Crippen LogP contribution < -0.4 is 4.74 Å². The Hall–Kier alpha value is -0.970. The van der Waals surface area contributed by atoms with Gasteiger partial charge in [-0.2, -0.15) is 0 Å². The number of hydrogen-bond acceptors (Lipinski definition) is 3. The van der Waals surface area contributed by atoms with Gasteiger partial charge < -0.3 is 14.7 Å². The number of β-amino-alcohol motifs (C(OH)–C–C–N with tert-alkyl or cyclic N) is 1. The normalized spacial score (nSPS) is 19.1. The first kappa shape index (κ1) is 13.5. The van der Waals surface area contributed by atoms with Crippen LogP contribution in [0.15, 0.2) is 18.2 Å². The van der Waals surface area contributed by atoms with Crippen LogP contribution in [0, 0.1) is 0 Å². The van der Waals surface area contributed by atoms with Crippen molar-refractivity contribution in [3.63, 3.8) is 0 Å². The molecule has 0 spiro atoms. The van der Waals surface area contributed by atoms with Crippen LogP contribution in [0.25, 0.3) is 0 Å². The van der Waals surface area contributed by atoms with Crippen molar-refractivity contribution in [1.82, 2.24) is 4.90 Å². The topological polar surface area (TPSA) is 49.8 Å². The molecule has 0 bridgehead atoms. The van der Waals surface area contributed by atoms with Gasteiger partial charge in [0.15, 0.2) is 6.61 Å². The van der Waals surface area contributed by atoms with Gasteiger partial charge in [-0.15, -0.1) is 0 Å². The number of aliphatic hydroxyl groups excluding tert-OH is 1. The first-order chi connectivity index (χ1) is 8.56. The third kappa shape index (κ3) is 3.28. The maximum Gasteiger partial charge on any atom is 0.260 e. The number of carbonyl (C=O) groups excluding carboxylic acids is 1. The van der Waals surface area contributed by atoms with Gasteiger partial charge in [-0.25, -0.2) is 0 Å². The van der Waals surface area contributed by atoms with E-state index in [-0.39, 0.29) is 12.5 Å². The summed E-state index contributed by atoms with van der Waals surface area (Å²) in [5.41, 5.74) is 0. The van der Waals surface area contributed by atoms with E-state index in [0.29, 0.717) is 35.3 Å². The van der Waals surface area contributed by atoms with E-state index in [4.69, 9.17) is 27.9 Å². The van der Waals surface area contributed by atoms with Crippen molar-refractivity contribution in [2.45, 2.75) is 12.5 Å². The number of nitrogens with zero attached hydrogens (tertiary/aromatic N) is 1. The first-order valence-electron chi connectivity index (χ1n) is 5.60. The van der Waals surface area contributed by atoms with E-state index in [1.54, 1.807) is 23.1 Å². The average Bonchev–Trinajstić information content (AvgIpc) is 2.77. The fourth-order valence-corrected chi connectivity index (χ4v) is 2.12. The van der Waals surface area contributed by atoms with Crippen molar-refractivity contribution in [2.75, 3.05) is 19.7 Å². The van der Waals surface area contributed by atoms with Gasteiger partial charge in [0, 0.05) is 24.2 Å². The molecule has 1 amide bonds. The minimum Gasteiger partial charge on any atom is -0.482 e. The van der Waals surface area contributed by atoms with Crippen LogP contribution >= 0.6 is 23.2 Å². The Bertz CT molecular complexity index is 453. The summed E-state index contributed by atoms with van der Waals surface area (Å²) in [5, 5.41) is 10.3. The molecule has 2 rings (SSSR count). The molecular weight excluding hydrogens is 277 g/mol. The lowest BCUT2D eigenvalue weighted by molar-refractivity contribution is -0.132. The quantitative estimate of drug-likeness (QED) is 0.926. The maximum absolute atomic E-state index is 11.8. The van der Waals surface area contributed by atoms with Crippen LogP contribution in [0.4, 0.5) is 0 Å². The average molecular weight is 290 g/mol. The number of likely N-dealkylation sites (tertiary alicyclic amines) is 1. The lowest BCUT2D eigenvalue weighted by Crippen LogP contribution is -2.33. The Kier molecular flexibility index (Phi) is 4.32. The third-order valence-corrected chi connectivity index (χ3v) is 3.31. The molecule has 0 radical (unpaired) electrons. The molecule has 1 fully saturated rings. The number of carbonyl (C=O) groups is 1. The molecule has 1 aliphatic heterocycles. The molecular formula is C12H13Cl2NO3. The molecule has 0 saturated carbocycles. The molecule has 0 unspecified atom stereocenters. The van der Waals surface area contributed by atoms with Gasteiger partial charge in [0.25, 0.3) is 5.91 Å². The summed E-state index contributed by atoms with van der Waals surface area (Å²) in [4.78, 5) is 13.3. The van der Waals surface area contributed by atoms with Crippen LogP contribution in [0.5, 0.6) is 5.75 Å². The van der Waals surface area contributed by atoms with Gasteiger partial charge >= 0.3 is 0 Å².